The summed E-state index contributed by atoms with van der Waals surface area (Å²) in [6.45, 7) is 5.96. The summed E-state index contributed by atoms with van der Waals surface area (Å²) < 4.78 is 1.95. The van der Waals surface area contributed by atoms with Crippen LogP contribution in [0.1, 0.15) is 19.5 Å². The molecule has 1 N–H and O–H groups in total. The van der Waals surface area contributed by atoms with Crippen molar-refractivity contribution in [3.05, 3.63) is 24.3 Å². The zero-order valence-electron chi connectivity index (χ0n) is 9.07. The minimum atomic E-state index is 0.819. The normalized spacial score (nSPS) is 9.43. The van der Waals surface area contributed by atoms with Crippen LogP contribution in [0.2, 0.25) is 0 Å². The summed E-state index contributed by atoms with van der Waals surface area (Å²) >= 11 is 0. The molecule has 0 amide bonds. The van der Waals surface area contributed by atoms with Crippen LogP contribution in [0.15, 0.2) is 18.6 Å². The summed E-state index contributed by atoms with van der Waals surface area (Å²) in [5, 5.41) is 3.00. The van der Waals surface area contributed by atoms with E-state index in [0.717, 1.165) is 17.2 Å². The van der Waals surface area contributed by atoms with Gasteiger partial charge in [0.1, 0.15) is 0 Å². The average Bonchev–Trinajstić information content (AvgIpc) is 2.67. The van der Waals surface area contributed by atoms with Crippen molar-refractivity contribution < 1.29 is 0 Å². The third kappa shape index (κ3) is 1.84. The molecule has 0 fully saturated rings. The van der Waals surface area contributed by atoms with Crippen molar-refractivity contribution >= 4 is 11.5 Å². The minimum Gasteiger partial charge on any atom is -0.370 e. The molecule has 0 saturated carbocycles. The van der Waals surface area contributed by atoms with Gasteiger partial charge in [0.05, 0.1) is 5.69 Å². The summed E-state index contributed by atoms with van der Waals surface area (Å²) in [7, 11) is 1.84. The van der Waals surface area contributed by atoms with Crippen molar-refractivity contribution in [1.82, 2.24) is 14.4 Å². The van der Waals surface area contributed by atoms with Crippen LogP contribution in [0.4, 0.5) is 5.82 Å². The van der Waals surface area contributed by atoms with Crippen LogP contribution >= 0.6 is 0 Å². The number of rotatable bonds is 1. The van der Waals surface area contributed by atoms with Crippen molar-refractivity contribution in [3.63, 3.8) is 0 Å². The van der Waals surface area contributed by atoms with Gasteiger partial charge in [-0.1, -0.05) is 13.8 Å². The fourth-order valence-electron chi connectivity index (χ4n) is 1.22. The van der Waals surface area contributed by atoms with Crippen molar-refractivity contribution in [2.45, 2.75) is 20.8 Å². The molecule has 2 rings (SSSR count). The van der Waals surface area contributed by atoms with E-state index in [9.17, 15) is 0 Å². The van der Waals surface area contributed by atoms with E-state index in [1.165, 1.54) is 0 Å². The fraction of sp³-hybridized carbons (Fsp3) is 0.400. The first kappa shape index (κ1) is 10.5. The highest BCUT2D eigenvalue weighted by molar-refractivity contribution is 5.62. The molecule has 0 atom stereocenters. The van der Waals surface area contributed by atoms with E-state index in [0.29, 0.717) is 0 Å². The lowest BCUT2D eigenvalue weighted by Gasteiger charge is -2.02. The van der Waals surface area contributed by atoms with Gasteiger partial charge in [-0.3, -0.25) is 0 Å². The highest BCUT2D eigenvalue weighted by Gasteiger charge is 2.01. The van der Waals surface area contributed by atoms with Gasteiger partial charge in [-0.15, -0.1) is 0 Å². The number of nitrogens with one attached hydrogen (secondary N) is 1. The molecule has 0 aliphatic carbocycles. The number of nitrogens with zero attached hydrogens (tertiary/aromatic N) is 3. The van der Waals surface area contributed by atoms with Gasteiger partial charge >= 0.3 is 0 Å². The Labute approximate surface area is 84.0 Å². The van der Waals surface area contributed by atoms with Crippen LogP contribution < -0.4 is 5.32 Å². The average molecular weight is 192 g/mol. The van der Waals surface area contributed by atoms with Gasteiger partial charge in [0, 0.05) is 25.6 Å². The van der Waals surface area contributed by atoms with Crippen molar-refractivity contribution in [2.24, 2.45) is 0 Å². The number of imidazole rings is 1. The van der Waals surface area contributed by atoms with Crippen LogP contribution in [0.25, 0.3) is 5.65 Å². The predicted octanol–water partition coefficient (Wildman–Crippen LogP) is 2.11. The number of aromatic nitrogens is 3. The second-order valence-electron chi connectivity index (χ2n) is 2.64. The monoisotopic (exact) mass is 192 g/mol. The van der Waals surface area contributed by atoms with Crippen LogP contribution in [0.5, 0.6) is 0 Å². The molecule has 0 aliphatic rings. The zero-order valence-corrected chi connectivity index (χ0v) is 9.07. The Hall–Kier alpha value is -1.58. The summed E-state index contributed by atoms with van der Waals surface area (Å²) in [6.07, 6.45) is 5.62. The number of aryl methyl sites for hydroxylation is 1. The Kier molecular flexibility index (Phi) is 3.45. The van der Waals surface area contributed by atoms with Gasteiger partial charge in [0.2, 0.25) is 0 Å². The molecule has 0 spiro atoms. The first-order valence-corrected chi connectivity index (χ1v) is 4.79. The first-order valence-electron chi connectivity index (χ1n) is 4.79. The Balaban J connectivity index is 0.000000461. The Morgan fingerprint density at radius 2 is 2.07 bits per heavy atom. The third-order valence-electron chi connectivity index (χ3n) is 1.73. The highest BCUT2D eigenvalue weighted by Crippen LogP contribution is 2.11. The molecule has 2 aromatic heterocycles. The van der Waals surface area contributed by atoms with Gasteiger partial charge in [-0.2, -0.15) is 0 Å². The molecule has 2 heterocycles. The lowest BCUT2D eigenvalue weighted by atomic mass is 10.5. The van der Waals surface area contributed by atoms with E-state index in [4.69, 9.17) is 0 Å². The summed E-state index contributed by atoms with van der Waals surface area (Å²) in [4.78, 5) is 8.47. The second kappa shape index (κ2) is 4.60. The predicted molar refractivity (Wildman–Crippen MR) is 58.6 cm³/mol. The standard InChI is InChI=1S/C8H10N4.C2H6/c1-6-5-12-4-3-10-8(12)7(9-2)11-6;1-2/h3-5H,1-2H3,(H,9,11);1-2H3. The van der Waals surface area contributed by atoms with E-state index in [2.05, 4.69) is 15.3 Å². The number of hydrogen-bond donors (Lipinski definition) is 1. The molecule has 0 bridgehead atoms. The van der Waals surface area contributed by atoms with Crippen LogP contribution in [0, 0.1) is 6.92 Å². The van der Waals surface area contributed by atoms with Gasteiger partial charge in [0.15, 0.2) is 11.5 Å². The quantitative estimate of drug-likeness (QED) is 0.752. The second-order valence-corrected chi connectivity index (χ2v) is 2.64. The number of anilines is 1. The zero-order chi connectivity index (χ0) is 10.6. The molecule has 4 heteroatoms. The summed E-state index contributed by atoms with van der Waals surface area (Å²) in [5.41, 5.74) is 1.84. The molecule has 2 aromatic rings. The van der Waals surface area contributed by atoms with Crippen molar-refractivity contribution in [2.75, 3.05) is 12.4 Å². The molecular formula is C10H16N4. The molecule has 14 heavy (non-hydrogen) atoms. The van der Waals surface area contributed by atoms with E-state index in [1.54, 1.807) is 6.20 Å². The van der Waals surface area contributed by atoms with E-state index >= 15 is 0 Å². The van der Waals surface area contributed by atoms with Crippen molar-refractivity contribution in [3.8, 4) is 0 Å². The number of fused-ring (bicyclic) bond motifs is 1. The number of hydrogen-bond acceptors (Lipinski definition) is 3. The first-order chi connectivity index (χ1) is 6.81. The maximum absolute atomic E-state index is 4.30. The van der Waals surface area contributed by atoms with Gasteiger partial charge < -0.3 is 9.72 Å². The Bertz CT molecular complexity index is 405. The lowest BCUT2D eigenvalue weighted by Crippen LogP contribution is -1.98. The molecule has 0 radical (unpaired) electrons. The maximum Gasteiger partial charge on any atom is 0.180 e. The third-order valence-corrected chi connectivity index (χ3v) is 1.73. The smallest absolute Gasteiger partial charge is 0.180 e. The fourth-order valence-corrected chi connectivity index (χ4v) is 1.22. The summed E-state index contributed by atoms with van der Waals surface area (Å²) in [6, 6.07) is 0. The van der Waals surface area contributed by atoms with E-state index in [1.807, 2.05) is 44.6 Å². The van der Waals surface area contributed by atoms with Crippen LogP contribution in [0.3, 0.4) is 0 Å². The Morgan fingerprint density at radius 3 is 2.71 bits per heavy atom. The highest BCUT2D eigenvalue weighted by atomic mass is 15.1. The largest absolute Gasteiger partial charge is 0.370 e. The van der Waals surface area contributed by atoms with Gasteiger partial charge in [0.25, 0.3) is 0 Å². The van der Waals surface area contributed by atoms with Gasteiger partial charge in [-0.25, -0.2) is 9.97 Å². The van der Waals surface area contributed by atoms with E-state index in [-0.39, 0.29) is 0 Å². The molecular weight excluding hydrogens is 176 g/mol. The molecule has 0 aromatic carbocycles. The van der Waals surface area contributed by atoms with Crippen LogP contribution in [-0.2, 0) is 0 Å². The molecule has 0 aliphatic heterocycles. The van der Waals surface area contributed by atoms with E-state index < -0.39 is 0 Å². The SMILES string of the molecule is CC.CNc1nc(C)cn2ccnc12. The maximum atomic E-state index is 4.30. The molecule has 0 saturated heterocycles. The lowest BCUT2D eigenvalue weighted by molar-refractivity contribution is 1.07. The minimum absolute atomic E-state index is 0.819. The Morgan fingerprint density at radius 1 is 1.36 bits per heavy atom. The molecule has 76 valence electrons. The van der Waals surface area contributed by atoms with Crippen molar-refractivity contribution in [1.29, 1.82) is 0 Å². The molecule has 0 unspecified atom stereocenters. The molecule has 4 nitrogen and oxygen atoms in total. The topological polar surface area (TPSA) is 42.2 Å². The van der Waals surface area contributed by atoms with Gasteiger partial charge in [-0.05, 0) is 6.92 Å². The van der Waals surface area contributed by atoms with Crippen LogP contribution in [-0.4, -0.2) is 21.4 Å². The summed E-state index contributed by atoms with van der Waals surface area (Å²) in [5.74, 6) is 0.819.